The maximum Gasteiger partial charge on any atom is 0.573 e. The largest absolute Gasteiger partial charge is 0.573 e. The first-order chi connectivity index (χ1) is 10.1. The Morgan fingerprint density at radius 1 is 1.09 bits per heavy atom. The number of ether oxygens (including phenoxy) is 3. The summed E-state index contributed by atoms with van der Waals surface area (Å²) in [5, 5.41) is 0. The van der Waals surface area contributed by atoms with Crippen molar-refractivity contribution in [2.75, 3.05) is 0 Å². The predicted octanol–water partition coefficient (Wildman–Crippen LogP) is 2.58. The number of hydrogen-bond donors (Lipinski definition) is 0. The first-order valence-corrected chi connectivity index (χ1v) is 6.36. The van der Waals surface area contributed by atoms with Crippen LogP contribution in [0.5, 0.6) is 5.75 Å². The molecular formula is C14H13F3O5. The molecule has 1 saturated heterocycles. The fourth-order valence-corrected chi connectivity index (χ4v) is 1.97. The Hall–Kier alpha value is -2.25. The lowest BCUT2D eigenvalue weighted by Crippen LogP contribution is -2.46. The molecule has 1 heterocycles. The van der Waals surface area contributed by atoms with Gasteiger partial charge >= 0.3 is 18.3 Å². The maximum absolute atomic E-state index is 12.0. The second-order valence-corrected chi connectivity index (χ2v) is 5.19. The van der Waals surface area contributed by atoms with E-state index in [0.29, 0.717) is 5.56 Å². The minimum atomic E-state index is -4.77. The van der Waals surface area contributed by atoms with Crippen LogP contribution in [0, 0.1) is 5.92 Å². The summed E-state index contributed by atoms with van der Waals surface area (Å²) in [4.78, 5) is 23.6. The Morgan fingerprint density at radius 3 is 2.05 bits per heavy atom. The van der Waals surface area contributed by atoms with Crippen LogP contribution in [0.25, 0.3) is 0 Å². The highest BCUT2D eigenvalue weighted by Crippen LogP contribution is 2.27. The zero-order valence-corrected chi connectivity index (χ0v) is 11.8. The number of carbonyl (C=O) groups excluding carboxylic acids is 2. The van der Waals surface area contributed by atoms with Crippen molar-refractivity contribution in [1.82, 2.24) is 0 Å². The van der Waals surface area contributed by atoms with E-state index >= 15 is 0 Å². The molecule has 0 saturated carbocycles. The van der Waals surface area contributed by atoms with Crippen molar-refractivity contribution in [2.45, 2.75) is 32.4 Å². The molecule has 120 valence electrons. The van der Waals surface area contributed by atoms with Gasteiger partial charge in [-0.3, -0.25) is 9.59 Å². The summed E-state index contributed by atoms with van der Waals surface area (Å²) in [5.74, 6) is -4.28. The summed E-state index contributed by atoms with van der Waals surface area (Å²) in [7, 11) is 0. The van der Waals surface area contributed by atoms with Gasteiger partial charge in [0.15, 0.2) is 5.92 Å². The van der Waals surface area contributed by atoms with E-state index in [1.165, 1.54) is 26.0 Å². The molecule has 8 heteroatoms. The number of benzene rings is 1. The highest BCUT2D eigenvalue weighted by molar-refractivity contribution is 5.96. The second-order valence-electron chi connectivity index (χ2n) is 5.19. The molecule has 0 atom stereocenters. The number of alkyl halides is 3. The van der Waals surface area contributed by atoms with E-state index in [1.807, 2.05) is 0 Å². The van der Waals surface area contributed by atoms with Gasteiger partial charge in [-0.05, 0) is 24.1 Å². The number of halogens is 3. The molecule has 1 aliphatic heterocycles. The van der Waals surface area contributed by atoms with Crippen molar-refractivity contribution in [3.8, 4) is 5.75 Å². The van der Waals surface area contributed by atoms with E-state index in [4.69, 9.17) is 9.47 Å². The van der Waals surface area contributed by atoms with E-state index in [1.54, 1.807) is 0 Å². The fourth-order valence-electron chi connectivity index (χ4n) is 1.97. The molecule has 0 N–H and O–H groups in total. The van der Waals surface area contributed by atoms with Crippen LogP contribution in [0.1, 0.15) is 19.4 Å². The van der Waals surface area contributed by atoms with Gasteiger partial charge < -0.3 is 14.2 Å². The molecule has 5 nitrogen and oxygen atoms in total. The van der Waals surface area contributed by atoms with Crippen LogP contribution in [0.4, 0.5) is 13.2 Å². The monoisotopic (exact) mass is 318 g/mol. The molecule has 22 heavy (non-hydrogen) atoms. The predicted molar refractivity (Wildman–Crippen MR) is 66.6 cm³/mol. The van der Waals surface area contributed by atoms with Crippen molar-refractivity contribution in [3.05, 3.63) is 29.8 Å². The Kier molecular flexibility index (Phi) is 4.04. The van der Waals surface area contributed by atoms with Crippen LogP contribution in [-0.2, 0) is 25.5 Å². The SMILES string of the molecule is CC1(C)OC(=O)C(Cc2ccc(OC(F)(F)F)cc2)C(=O)O1. The van der Waals surface area contributed by atoms with E-state index in [0.717, 1.165) is 12.1 Å². The van der Waals surface area contributed by atoms with Crippen molar-refractivity contribution in [2.24, 2.45) is 5.92 Å². The standard InChI is InChI=1S/C14H13F3O5/c1-13(2)21-11(18)10(12(19)22-13)7-8-3-5-9(6-4-8)20-14(15,16)17/h3-6,10H,7H2,1-2H3. The molecule has 1 aromatic carbocycles. The third-order valence-corrected chi connectivity index (χ3v) is 2.86. The lowest BCUT2D eigenvalue weighted by Gasteiger charge is -2.32. The van der Waals surface area contributed by atoms with Crippen LogP contribution in [0.2, 0.25) is 0 Å². The number of cyclic esters (lactones) is 2. The molecule has 0 amide bonds. The third-order valence-electron chi connectivity index (χ3n) is 2.86. The number of rotatable bonds is 3. The van der Waals surface area contributed by atoms with Gasteiger partial charge in [-0.2, -0.15) is 0 Å². The average Bonchev–Trinajstić information content (AvgIpc) is 2.33. The van der Waals surface area contributed by atoms with Crippen LogP contribution < -0.4 is 4.74 Å². The van der Waals surface area contributed by atoms with Crippen LogP contribution in [-0.4, -0.2) is 24.1 Å². The fraction of sp³-hybridized carbons (Fsp3) is 0.429. The molecule has 1 fully saturated rings. The van der Waals surface area contributed by atoms with Gasteiger partial charge in [0.25, 0.3) is 5.79 Å². The molecule has 0 bridgehead atoms. The summed E-state index contributed by atoms with van der Waals surface area (Å²) in [6, 6.07) is 4.88. The van der Waals surface area contributed by atoms with E-state index in [9.17, 15) is 22.8 Å². The molecule has 0 unspecified atom stereocenters. The highest BCUT2D eigenvalue weighted by Gasteiger charge is 2.43. The number of carbonyl (C=O) groups is 2. The Balaban J connectivity index is 2.05. The molecule has 0 aliphatic carbocycles. The molecular weight excluding hydrogens is 305 g/mol. The lowest BCUT2D eigenvalue weighted by atomic mass is 9.98. The van der Waals surface area contributed by atoms with Gasteiger partial charge in [0.05, 0.1) is 0 Å². The summed E-state index contributed by atoms with van der Waals surface area (Å²) in [5.41, 5.74) is 0.480. The van der Waals surface area contributed by atoms with Gasteiger partial charge in [0.1, 0.15) is 5.75 Å². The Labute approximate surface area is 124 Å². The molecule has 1 aliphatic rings. The molecule has 1 aromatic rings. The topological polar surface area (TPSA) is 61.8 Å². The van der Waals surface area contributed by atoms with Crippen molar-refractivity contribution in [1.29, 1.82) is 0 Å². The number of hydrogen-bond acceptors (Lipinski definition) is 5. The Morgan fingerprint density at radius 2 is 1.59 bits per heavy atom. The first kappa shape index (κ1) is 16.1. The summed E-state index contributed by atoms with van der Waals surface area (Å²) in [6.07, 6.45) is -4.80. The normalized spacial score (nSPS) is 18.6. The van der Waals surface area contributed by atoms with Crippen LogP contribution >= 0.6 is 0 Å². The van der Waals surface area contributed by atoms with Gasteiger partial charge in [0.2, 0.25) is 0 Å². The second kappa shape index (κ2) is 5.51. The van der Waals surface area contributed by atoms with E-state index in [2.05, 4.69) is 4.74 Å². The summed E-state index contributed by atoms with van der Waals surface area (Å²) in [6.45, 7) is 2.87. The minimum absolute atomic E-state index is 0.0277. The third kappa shape index (κ3) is 4.12. The quantitative estimate of drug-likeness (QED) is 0.633. The Bertz CT molecular complexity index is 557. The minimum Gasteiger partial charge on any atom is -0.422 e. The summed E-state index contributed by atoms with van der Waals surface area (Å²) < 4.78 is 49.8. The first-order valence-electron chi connectivity index (χ1n) is 6.36. The van der Waals surface area contributed by atoms with Gasteiger partial charge in [-0.1, -0.05) is 12.1 Å². The smallest absolute Gasteiger partial charge is 0.422 e. The average molecular weight is 318 g/mol. The van der Waals surface area contributed by atoms with E-state index < -0.39 is 30.0 Å². The van der Waals surface area contributed by atoms with Gasteiger partial charge in [-0.15, -0.1) is 13.2 Å². The molecule has 0 aromatic heterocycles. The number of esters is 2. The maximum atomic E-state index is 12.0. The lowest BCUT2D eigenvalue weighted by molar-refractivity contribution is -0.274. The van der Waals surface area contributed by atoms with Crippen LogP contribution in [0.15, 0.2) is 24.3 Å². The van der Waals surface area contributed by atoms with Crippen molar-refractivity contribution in [3.63, 3.8) is 0 Å². The van der Waals surface area contributed by atoms with Gasteiger partial charge in [0, 0.05) is 13.8 Å². The zero-order valence-electron chi connectivity index (χ0n) is 11.8. The molecule has 0 radical (unpaired) electrons. The van der Waals surface area contributed by atoms with Crippen molar-refractivity contribution >= 4 is 11.9 Å². The van der Waals surface area contributed by atoms with Crippen LogP contribution in [0.3, 0.4) is 0 Å². The highest BCUT2D eigenvalue weighted by atomic mass is 19.4. The zero-order chi connectivity index (χ0) is 16.5. The van der Waals surface area contributed by atoms with Gasteiger partial charge in [-0.25, -0.2) is 0 Å². The van der Waals surface area contributed by atoms with Crippen molar-refractivity contribution < 1.29 is 37.0 Å². The van der Waals surface area contributed by atoms with E-state index in [-0.39, 0.29) is 12.2 Å². The molecule has 2 rings (SSSR count). The molecule has 0 spiro atoms. The summed E-state index contributed by atoms with van der Waals surface area (Å²) >= 11 is 0.